The molecule has 2 aromatic rings. The molecule has 0 aliphatic rings. The summed E-state index contributed by atoms with van der Waals surface area (Å²) in [5, 5.41) is 9.19. The third-order valence-electron chi connectivity index (χ3n) is 3.21. The number of ether oxygens (including phenoxy) is 1. The Hall–Kier alpha value is -2.82. The van der Waals surface area contributed by atoms with Crippen molar-refractivity contribution in [3.05, 3.63) is 60.2 Å². The van der Waals surface area contributed by atoms with Crippen LogP contribution in [0.15, 0.2) is 54.6 Å². The van der Waals surface area contributed by atoms with Gasteiger partial charge in [-0.15, -0.1) is 0 Å². The average molecular weight is 299 g/mol. The minimum Gasteiger partial charge on any atom is -0.508 e. The Balaban J connectivity index is 2.02. The van der Waals surface area contributed by atoms with Gasteiger partial charge in [-0.3, -0.25) is 4.79 Å². The summed E-state index contributed by atoms with van der Waals surface area (Å²) in [6.45, 7) is 1.53. The van der Waals surface area contributed by atoms with Gasteiger partial charge in [-0.05, 0) is 43.3 Å². The third kappa shape index (κ3) is 3.63. The lowest BCUT2D eigenvalue weighted by Gasteiger charge is -2.21. The Morgan fingerprint density at radius 2 is 1.64 bits per heavy atom. The van der Waals surface area contributed by atoms with Crippen LogP contribution in [0.4, 0.5) is 5.69 Å². The molecule has 1 atom stereocenters. The molecule has 0 bridgehead atoms. The van der Waals surface area contributed by atoms with E-state index < -0.39 is 12.1 Å². The van der Waals surface area contributed by atoms with Crippen LogP contribution in [0.3, 0.4) is 0 Å². The number of phenols is 1. The second kappa shape index (κ2) is 6.76. The highest BCUT2D eigenvalue weighted by atomic mass is 16.5. The number of esters is 1. The number of para-hydroxylation sites is 1. The molecule has 0 fully saturated rings. The molecular weight excluding hydrogens is 282 g/mol. The smallest absolute Gasteiger partial charge is 0.338 e. The number of nitrogens with zero attached hydrogens (tertiary/aromatic N) is 1. The Labute approximate surface area is 128 Å². The van der Waals surface area contributed by atoms with Gasteiger partial charge >= 0.3 is 5.97 Å². The first kappa shape index (κ1) is 15.6. The highest BCUT2D eigenvalue weighted by molar-refractivity contribution is 5.98. The molecule has 0 unspecified atom stereocenters. The van der Waals surface area contributed by atoms with E-state index in [-0.39, 0.29) is 17.2 Å². The first-order valence-electron chi connectivity index (χ1n) is 6.81. The van der Waals surface area contributed by atoms with Crippen molar-refractivity contribution in [2.24, 2.45) is 0 Å². The molecule has 0 aliphatic carbocycles. The van der Waals surface area contributed by atoms with Gasteiger partial charge in [0.2, 0.25) is 0 Å². The van der Waals surface area contributed by atoms with Crippen LogP contribution in [0.5, 0.6) is 5.75 Å². The molecule has 0 heterocycles. The van der Waals surface area contributed by atoms with Gasteiger partial charge in [0.05, 0.1) is 5.56 Å². The molecule has 0 aromatic heterocycles. The normalized spacial score (nSPS) is 11.5. The summed E-state index contributed by atoms with van der Waals surface area (Å²) in [6, 6.07) is 14.8. The van der Waals surface area contributed by atoms with Gasteiger partial charge in [-0.2, -0.15) is 0 Å². The summed E-state index contributed by atoms with van der Waals surface area (Å²) in [4.78, 5) is 25.7. The lowest BCUT2D eigenvalue weighted by atomic mass is 10.2. The summed E-state index contributed by atoms with van der Waals surface area (Å²) in [7, 11) is 1.63. The van der Waals surface area contributed by atoms with E-state index in [1.54, 1.807) is 19.2 Å². The predicted octanol–water partition coefficient (Wildman–Crippen LogP) is 2.60. The quantitative estimate of drug-likeness (QED) is 0.881. The van der Waals surface area contributed by atoms with Gasteiger partial charge < -0.3 is 14.7 Å². The van der Waals surface area contributed by atoms with Crippen LogP contribution in [0.2, 0.25) is 0 Å². The van der Waals surface area contributed by atoms with E-state index in [9.17, 15) is 14.7 Å². The number of anilines is 1. The topological polar surface area (TPSA) is 66.8 Å². The number of amides is 1. The SMILES string of the molecule is C[C@H](OC(=O)c1ccc(O)cc1)C(=O)N(C)c1ccccc1. The fraction of sp³-hybridized carbons (Fsp3) is 0.176. The highest BCUT2D eigenvalue weighted by Crippen LogP contribution is 2.15. The molecule has 0 spiro atoms. The summed E-state index contributed by atoms with van der Waals surface area (Å²) in [6.07, 6.45) is -0.911. The minimum atomic E-state index is -0.911. The Bertz CT molecular complexity index is 652. The van der Waals surface area contributed by atoms with Crippen LogP contribution in [-0.4, -0.2) is 30.1 Å². The number of hydrogen-bond acceptors (Lipinski definition) is 4. The van der Waals surface area contributed by atoms with E-state index in [2.05, 4.69) is 0 Å². The van der Waals surface area contributed by atoms with Crippen LogP contribution >= 0.6 is 0 Å². The molecule has 2 rings (SSSR count). The summed E-state index contributed by atoms with van der Waals surface area (Å²) in [5.41, 5.74) is 1.000. The summed E-state index contributed by atoms with van der Waals surface area (Å²) in [5.74, 6) is -0.870. The molecule has 22 heavy (non-hydrogen) atoms. The fourth-order valence-corrected chi connectivity index (χ4v) is 1.93. The van der Waals surface area contributed by atoms with Crippen LogP contribution in [0.25, 0.3) is 0 Å². The van der Waals surface area contributed by atoms with E-state index >= 15 is 0 Å². The number of likely N-dealkylation sites (N-methyl/N-ethyl adjacent to an activating group) is 1. The molecule has 0 radical (unpaired) electrons. The van der Waals surface area contributed by atoms with Gasteiger partial charge in [0, 0.05) is 12.7 Å². The largest absolute Gasteiger partial charge is 0.508 e. The van der Waals surface area contributed by atoms with Crippen LogP contribution in [-0.2, 0) is 9.53 Å². The predicted molar refractivity (Wildman–Crippen MR) is 82.8 cm³/mol. The van der Waals surface area contributed by atoms with Gasteiger partial charge in [-0.25, -0.2) is 4.79 Å². The zero-order valence-corrected chi connectivity index (χ0v) is 12.4. The average Bonchev–Trinajstić information content (AvgIpc) is 2.54. The molecule has 0 saturated carbocycles. The number of rotatable bonds is 4. The molecular formula is C17H17NO4. The number of carbonyl (C=O) groups excluding carboxylic acids is 2. The van der Waals surface area contributed by atoms with E-state index in [4.69, 9.17) is 4.74 Å². The second-order valence-electron chi connectivity index (χ2n) is 4.83. The van der Waals surface area contributed by atoms with Crippen LogP contribution in [0.1, 0.15) is 17.3 Å². The van der Waals surface area contributed by atoms with Crippen LogP contribution in [0, 0.1) is 0 Å². The molecule has 1 amide bonds. The molecule has 5 heteroatoms. The molecule has 2 aromatic carbocycles. The summed E-state index contributed by atoms with van der Waals surface area (Å²) < 4.78 is 5.17. The van der Waals surface area contributed by atoms with Crippen molar-refractivity contribution < 1.29 is 19.4 Å². The second-order valence-corrected chi connectivity index (χ2v) is 4.83. The monoisotopic (exact) mass is 299 g/mol. The zero-order chi connectivity index (χ0) is 16.1. The Kier molecular flexibility index (Phi) is 4.78. The highest BCUT2D eigenvalue weighted by Gasteiger charge is 2.23. The van der Waals surface area contributed by atoms with Gasteiger partial charge in [0.25, 0.3) is 5.91 Å². The minimum absolute atomic E-state index is 0.0597. The molecule has 1 N–H and O–H groups in total. The van der Waals surface area contributed by atoms with Gasteiger partial charge in [0.15, 0.2) is 6.10 Å². The van der Waals surface area contributed by atoms with Gasteiger partial charge in [-0.1, -0.05) is 18.2 Å². The van der Waals surface area contributed by atoms with Crippen molar-refractivity contribution in [3.63, 3.8) is 0 Å². The molecule has 5 nitrogen and oxygen atoms in total. The third-order valence-corrected chi connectivity index (χ3v) is 3.21. The standard InChI is InChI=1S/C17H17NO4/c1-12(16(20)18(2)14-6-4-3-5-7-14)22-17(21)13-8-10-15(19)11-9-13/h3-12,19H,1-2H3/t12-/m0/s1. The van der Waals surface area contributed by atoms with Crippen molar-refractivity contribution in [1.29, 1.82) is 0 Å². The maximum Gasteiger partial charge on any atom is 0.338 e. The van der Waals surface area contributed by atoms with E-state index in [1.165, 1.54) is 36.1 Å². The van der Waals surface area contributed by atoms with Crippen molar-refractivity contribution in [1.82, 2.24) is 0 Å². The first-order valence-corrected chi connectivity index (χ1v) is 6.81. The van der Waals surface area contributed by atoms with Gasteiger partial charge in [0.1, 0.15) is 5.75 Å². The maximum atomic E-state index is 12.3. The lowest BCUT2D eigenvalue weighted by molar-refractivity contribution is -0.126. The number of hydrogen-bond donors (Lipinski definition) is 1. The molecule has 114 valence electrons. The van der Waals surface area contributed by atoms with Crippen molar-refractivity contribution in [3.8, 4) is 5.75 Å². The van der Waals surface area contributed by atoms with E-state index in [1.807, 2.05) is 18.2 Å². The fourth-order valence-electron chi connectivity index (χ4n) is 1.93. The zero-order valence-electron chi connectivity index (χ0n) is 12.4. The number of aromatic hydroxyl groups is 1. The molecule has 0 aliphatic heterocycles. The lowest BCUT2D eigenvalue weighted by Crippen LogP contribution is -2.37. The number of phenolic OH excluding ortho intramolecular Hbond substituents is 1. The molecule has 0 saturated heterocycles. The Morgan fingerprint density at radius 1 is 1.05 bits per heavy atom. The summed E-state index contributed by atoms with van der Waals surface area (Å²) >= 11 is 0. The van der Waals surface area contributed by atoms with E-state index in [0.29, 0.717) is 0 Å². The Morgan fingerprint density at radius 3 is 2.23 bits per heavy atom. The van der Waals surface area contributed by atoms with E-state index in [0.717, 1.165) is 5.69 Å². The first-order chi connectivity index (χ1) is 10.5. The van der Waals surface area contributed by atoms with Crippen molar-refractivity contribution >= 4 is 17.6 Å². The van der Waals surface area contributed by atoms with Crippen molar-refractivity contribution in [2.75, 3.05) is 11.9 Å². The van der Waals surface area contributed by atoms with Crippen molar-refractivity contribution in [2.45, 2.75) is 13.0 Å². The maximum absolute atomic E-state index is 12.3. The number of benzene rings is 2. The number of carbonyl (C=O) groups is 2. The van der Waals surface area contributed by atoms with Crippen LogP contribution < -0.4 is 4.90 Å².